The summed E-state index contributed by atoms with van der Waals surface area (Å²) < 4.78 is 0. The smallest absolute Gasteiger partial charge is 0.255 e. The molecule has 1 aliphatic carbocycles. The number of para-hydroxylation sites is 1. The number of carbonyl (C=O) groups excluding carboxylic acids is 1. The number of amides is 1. The van der Waals surface area contributed by atoms with Crippen molar-refractivity contribution in [3.8, 4) is 0 Å². The molecule has 1 aromatic carbocycles. The van der Waals surface area contributed by atoms with Gasteiger partial charge in [-0.15, -0.1) is 0 Å². The Morgan fingerprint density at radius 3 is 2.59 bits per heavy atom. The number of hydrogen-bond donors (Lipinski definition) is 1. The third kappa shape index (κ3) is 4.21. The largest absolute Gasteiger partial charge is 0.362 e. The Hall–Kier alpha value is -2.93. The number of fused-ring (bicyclic) bond motifs is 1. The Morgan fingerprint density at radius 1 is 1.06 bits per heavy atom. The number of hydrogen-bond acceptors (Lipinski definition) is 6. The summed E-state index contributed by atoms with van der Waals surface area (Å²) in [4.78, 5) is 29.8. The Kier molecular flexibility index (Phi) is 6.08. The monoisotopic (exact) mass is 432 g/mol. The average Bonchev–Trinajstić information content (AvgIpc) is 3.01. The van der Waals surface area contributed by atoms with Gasteiger partial charge in [-0.2, -0.15) is 0 Å². The number of benzene rings is 1. The van der Waals surface area contributed by atoms with Crippen LogP contribution in [0.5, 0.6) is 0 Å². The second-order valence-corrected chi connectivity index (χ2v) is 8.94. The zero-order chi connectivity index (χ0) is 21.9. The SMILES string of the molecule is C=CNc1ccccc1C(=O)N1CCc2cnc(N3CCN(C4CCC4)CC3)nc2CC1. The minimum Gasteiger partial charge on any atom is -0.362 e. The van der Waals surface area contributed by atoms with Gasteiger partial charge in [0.25, 0.3) is 5.91 Å². The van der Waals surface area contributed by atoms with Crippen molar-refractivity contribution in [1.29, 1.82) is 0 Å². The van der Waals surface area contributed by atoms with E-state index in [1.807, 2.05) is 35.4 Å². The van der Waals surface area contributed by atoms with E-state index < -0.39 is 0 Å². The molecule has 5 rings (SSSR count). The van der Waals surface area contributed by atoms with Crippen LogP contribution < -0.4 is 10.2 Å². The molecule has 1 amide bonds. The van der Waals surface area contributed by atoms with Gasteiger partial charge in [0, 0.05) is 57.9 Å². The van der Waals surface area contributed by atoms with E-state index in [-0.39, 0.29) is 5.91 Å². The van der Waals surface area contributed by atoms with Crippen LogP contribution in [-0.2, 0) is 12.8 Å². The number of nitrogens with zero attached hydrogens (tertiary/aromatic N) is 5. The highest BCUT2D eigenvalue weighted by Gasteiger charge is 2.29. The second-order valence-electron chi connectivity index (χ2n) is 8.94. The third-order valence-corrected chi connectivity index (χ3v) is 7.10. The minimum absolute atomic E-state index is 0.0445. The molecule has 0 spiro atoms. The molecule has 0 bridgehead atoms. The van der Waals surface area contributed by atoms with Crippen LogP contribution in [0.4, 0.5) is 11.6 Å². The molecule has 7 heteroatoms. The van der Waals surface area contributed by atoms with Crippen LogP contribution in [-0.4, -0.2) is 71.0 Å². The van der Waals surface area contributed by atoms with Crippen LogP contribution >= 0.6 is 0 Å². The molecule has 1 saturated heterocycles. The Balaban J connectivity index is 1.25. The lowest BCUT2D eigenvalue weighted by Crippen LogP contribution is -2.52. The minimum atomic E-state index is 0.0445. The maximum Gasteiger partial charge on any atom is 0.255 e. The Bertz CT molecular complexity index is 980. The van der Waals surface area contributed by atoms with Crippen molar-refractivity contribution in [3.05, 3.63) is 60.1 Å². The highest BCUT2D eigenvalue weighted by atomic mass is 16.2. The van der Waals surface area contributed by atoms with Crippen LogP contribution in [0.3, 0.4) is 0 Å². The fourth-order valence-corrected chi connectivity index (χ4v) is 4.94. The summed E-state index contributed by atoms with van der Waals surface area (Å²) in [5.74, 6) is 0.889. The number of nitrogens with one attached hydrogen (secondary N) is 1. The number of rotatable bonds is 5. The zero-order valence-corrected chi connectivity index (χ0v) is 18.7. The summed E-state index contributed by atoms with van der Waals surface area (Å²) in [5, 5.41) is 3.08. The van der Waals surface area contributed by atoms with Crippen LogP contribution in [0.1, 0.15) is 40.9 Å². The first-order valence-electron chi connectivity index (χ1n) is 11.8. The van der Waals surface area contributed by atoms with Gasteiger partial charge in [-0.3, -0.25) is 9.69 Å². The lowest BCUT2D eigenvalue weighted by atomic mass is 9.91. The van der Waals surface area contributed by atoms with Gasteiger partial charge in [0.1, 0.15) is 0 Å². The molecule has 32 heavy (non-hydrogen) atoms. The summed E-state index contributed by atoms with van der Waals surface area (Å²) >= 11 is 0. The van der Waals surface area contributed by atoms with E-state index in [9.17, 15) is 4.79 Å². The number of piperazine rings is 1. The molecule has 0 radical (unpaired) electrons. The van der Waals surface area contributed by atoms with E-state index in [1.54, 1.807) is 6.20 Å². The van der Waals surface area contributed by atoms with Gasteiger partial charge in [0.05, 0.1) is 16.9 Å². The molecule has 1 aromatic heterocycles. The van der Waals surface area contributed by atoms with Gasteiger partial charge in [-0.1, -0.05) is 25.1 Å². The molecule has 2 aliphatic heterocycles. The van der Waals surface area contributed by atoms with E-state index >= 15 is 0 Å². The Morgan fingerprint density at radius 2 is 1.84 bits per heavy atom. The summed E-state index contributed by atoms with van der Waals surface area (Å²) in [5.41, 5.74) is 3.71. The first kappa shape index (κ1) is 20.9. The van der Waals surface area contributed by atoms with Gasteiger partial charge in [-0.05, 0) is 43.2 Å². The average molecular weight is 433 g/mol. The first-order chi connectivity index (χ1) is 15.7. The molecule has 2 aromatic rings. The molecule has 168 valence electrons. The normalized spacial score (nSPS) is 19.6. The summed E-state index contributed by atoms with van der Waals surface area (Å²) in [6, 6.07) is 8.40. The maximum atomic E-state index is 13.2. The fourth-order valence-electron chi connectivity index (χ4n) is 4.94. The van der Waals surface area contributed by atoms with E-state index in [4.69, 9.17) is 9.97 Å². The lowest BCUT2D eigenvalue weighted by Gasteiger charge is -2.43. The molecule has 3 aliphatic rings. The van der Waals surface area contributed by atoms with E-state index in [0.29, 0.717) is 18.7 Å². The lowest BCUT2D eigenvalue weighted by molar-refractivity contribution is 0.0764. The quantitative estimate of drug-likeness (QED) is 0.784. The molecule has 0 unspecified atom stereocenters. The van der Waals surface area contributed by atoms with Crippen LogP contribution in [0.15, 0.2) is 43.2 Å². The Labute approximate surface area is 190 Å². The van der Waals surface area contributed by atoms with E-state index in [2.05, 4.69) is 21.7 Å². The maximum absolute atomic E-state index is 13.2. The first-order valence-corrected chi connectivity index (χ1v) is 11.8. The van der Waals surface area contributed by atoms with Crippen LogP contribution in [0.25, 0.3) is 0 Å². The highest BCUT2D eigenvalue weighted by Crippen LogP contribution is 2.27. The van der Waals surface area contributed by atoms with Crippen molar-refractivity contribution >= 4 is 17.5 Å². The molecule has 1 saturated carbocycles. The fraction of sp³-hybridized carbons (Fsp3) is 0.480. The van der Waals surface area contributed by atoms with Crippen molar-refractivity contribution in [3.63, 3.8) is 0 Å². The van der Waals surface area contributed by atoms with E-state index in [1.165, 1.54) is 19.3 Å². The third-order valence-electron chi connectivity index (χ3n) is 7.10. The van der Waals surface area contributed by atoms with Crippen molar-refractivity contribution in [2.24, 2.45) is 0 Å². The van der Waals surface area contributed by atoms with Gasteiger partial charge in [0.2, 0.25) is 5.95 Å². The van der Waals surface area contributed by atoms with Gasteiger partial charge in [0.15, 0.2) is 0 Å². The van der Waals surface area contributed by atoms with Crippen molar-refractivity contribution in [2.75, 3.05) is 49.5 Å². The summed E-state index contributed by atoms with van der Waals surface area (Å²) in [6.45, 7) is 9.26. The highest BCUT2D eigenvalue weighted by molar-refractivity contribution is 5.99. The van der Waals surface area contributed by atoms with Gasteiger partial charge >= 0.3 is 0 Å². The molecular formula is C25H32N6O. The number of aromatic nitrogens is 2. The standard InChI is InChI=1S/C25H32N6O/c1-2-26-23-9-4-3-8-21(23)24(32)30-12-10-19-18-27-25(28-22(19)11-13-30)31-16-14-29(15-17-31)20-6-5-7-20/h2-4,8-9,18,20,26H,1,5-7,10-17H2. The molecular weight excluding hydrogens is 400 g/mol. The van der Waals surface area contributed by atoms with E-state index in [0.717, 1.165) is 68.0 Å². The molecule has 3 heterocycles. The van der Waals surface area contributed by atoms with Gasteiger partial charge < -0.3 is 15.1 Å². The number of anilines is 2. The van der Waals surface area contributed by atoms with Crippen molar-refractivity contribution < 1.29 is 4.79 Å². The zero-order valence-electron chi connectivity index (χ0n) is 18.7. The van der Waals surface area contributed by atoms with Crippen LogP contribution in [0.2, 0.25) is 0 Å². The van der Waals surface area contributed by atoms with Crippen molar-refractivity contribution in [2.45, 2.75) is 38.1 Å². The summed E-state index contributed by atoms with van der Waals surface area (Å²) in [7, 11) is 0. The van der Waals surface area contributed by atoms with Gasteiger partial charge in [-0.25, -0.2) is 9.97 Å². The predicted molar refractivity (Wildman–Crippen MR) is 127 cm³/mol. The molecule has 2 fully saturated rings. The summed E-state index contributed by atoms with van der Waals surface area (Å²) in [6.07, 6.45) is 9.24. The number of carbonyl (C=O) groups is 1. The molecule has 7 nitrogen and oxygen atoms in total. The van der Waals surface area contributed by atoms with Crippen LogP contribution in [0, 0.1) is 0 Å². The molecule has 1 N–H and O–H groups in total. The second kappa shape index (κ2) is 9.28. The predicted octanol–water partition coefficient (Wildman–Crippen LogP) is 2.95. The topological polar surface area (TPSA) is 64.6 Å². The molecule has 0 atom stereocenters. The van der Waals surface area contributed by atoms with Crippen molar-refractivity contribution in [1.82, 2.24) is 19.8 Å².